The number of hydrogen-bond donors (Lipinski definition) is 1. The fourth-order valence-corrected chi connectivity index (χ4v) is 3.30. The summed E-state index contributed by atoms with van der Waals surface area (Å²) in [7, 11) is 0. The van der Waals surface area contributed by atoms with Gasteiger partial charge >= 0.3 is 0 Å². The van der Waals surface area contributed by atoms with Crippen molar-refractivity contribution in [2.24, 2.45) is 5.92 Å². The van der Waals surface area contributed by atoms with Crippen molar-refractivity contribution in [3.05, 3.63) is 34.1 Å². The van der Waals surface area contributed by atoms with Gasteiger partial charge < -0.3 is 5.32 Å². The zero-order valence-corrected chi connectivity index (χ0v) is 13.9. The molecule has 1 aliphatic rings. The van der Waals surface area contributed by atoms with E-state index < -0.39 is 0 Å². The van der Waals surface area contributed by atoms with Crippen molar-refractivity contribution in [2.45, 2.75) is 32.7 Å². The molecule has 2 rings (SSSR count). The second kappa shape index (κ2) is 7.53. The number of nitrogens with one attached hydrogen (secondary N) is 1. The zero-order chi connectivity index (χ0) is 14.5. The van der Waals surface area contributed by atoms with Gasteiger partial charge in [-0.05, 0) is 42.5 Å². The first-order valence-electron chi connectivity index (χ1n) is 7.47. The largest absolute Gasteiger partial charge is 0.314 e. The van der Waals surface area contributed by atoms with Crippen LogP contribution in [0.3, 0.4) is 0 Å². The molecule has 0 amide bonds. The molecule has 0 radical (unpaired) electrons. The molecule has 1 atom stereocenters. The van der Waals surface area contributed by atoms with Gasteiger partial charge in [-0.25, -0.2) is 4.39 Å². The van der Waals surface area contributed by atoms with Gasteiger partial charge in [0.2, 0.25) is 0 Å². The number of nitrogens with zero attached hydrogens (tertiary/aromatic N) is 1. The lowest BCUT2D eigenvalue weighted by Gasteiger charge is -2.36. The van der Waals surface area contributed by atoms with E-state index in [0.29, 0.717) is 12.0 Å². The van der Waals surface area contributed by atoms with Crippen LogP contribution in [0.5, 0.6) is 0 Å². The third-order valence-electron chi connectivity index (χ3n) is 3.93. The van der Waals surface area contributed by atoms with Crippen molar-refractivity contribution in [1.29, 1.82) is 0 Å². The molecule has 1 fully saturated rings. The molecule has 1 aliphatic heterocycles. The second-order valence-electron chi connectivity index (χ2n) is 5.94. The van der Waals surface area contributed by atoms with E-state index in [-0.39, 0.29) is 5.82 Å². The summed E-state index contributed by atoms with van der Waals surface area (Å²) in [5, 5.41) is 3.38. The molecule has 0 aromatic heterocycles. The van der Waals surface area contributed by atoms with Crippen LogP contribution in [0.2, 0.25) is 0 Å². The molecule has 112 valence electrons. The highest BCUT2D eigenvalue weighted by molar-refractivity contribution is 9.10. The Kier molecular flexibility index (Phi) is 6.00. The number of rotatable bonds is 5. The second-order valence-corrected chi connectivity index (χ2v) is 6.79. The van der Waals surface area contributed by atoms with Gasteiger partial charge in [0.1, 0.15) is 5.82 Å². The lowest BCUT2D eigenvalue weighted by molar-refractivity contribution is 0.159. The van der Waals surface area contributed by atoms with E-state index in [1.807, 2.05) is 6.07 Å². The summed E-state index contributed by atoms with van der Waals surface area (Å²) in [5.41, 5.74) is 1.09. The maximum Gasteiger partial charge on any atom is 0.123 e. The lowest BCUT2D eigenvalue weighted by Crippen LogP contribution is -2.45. The fraction of sp³-hybridized carbons (Fsp3) is 0.625. The molecule has 2 nitrogen and oxygen atoms in total. The smallest absolute Gasteiger partial charge is 0.123 e. The number of halogens is 2. The van der Waals surface area contributed by atoms with Crippen LogP contribution in [0.15, 0.2) is 22.7 Å². The van der Waals surface area contributed by atoms with Crippen LogP contribution in [-0.2, 0) is 0 Å². The van der Waals surface area contributed by atoms with Crippen molar-refractivity contribution in [3.8, 4) is 0 Å². The molecule has 0 bridgehead atoms. The summed E-state index contributed by atoms with van der Waals surface area (Å²) in [6.45, 7) is 8.60. The summed E-state index contributed by atoms with van der Waals surface area (Å²) in [4.78, 5) is 2.48. The van der Waals surface area contributed by atoms with Crippen LogP contribution < -0.4 is 5.32 Å². The molecule has 0 aliphatic carbocycles. The number of hydrogen-bond acceptors (Lipinski definition) is 2. The molecule has 1 aromatic rings. The minimum Gasteiger partial charge on any atom is -0.314 e. The van der Waals surface area contributed by atoms with Crippen molar-refractivity contribution in [2.75, 3.05) is 26.2 Å². The topological polar surface area (TPSA) is 15.3 Å². The SMILES string of the molecule is CC(C)CC[C@H](c1cc(F)ccc1Br)N1CCNCC1. The Labute approximate surface area is 129 Å². The first-order chi connectivity index (χ1) is 9.58. The Bertz CT molecular complexity index is 430. The van der Waals surface area contributed by atoms with E-state index in [1.165, 1.54) is 6.07 Å². The van der Waals surface area contributed by atoms with Gasteiger partial charge in [-0.1, -0.05) is 29.8 Å². The van der Waals surface area contributed by atoms with E-state index in [2.05, 4.69) is 40.0 Å². The van der Waals surface area contributed by atoms with Crippen molar-refractivity contribution in [1.82, 2.24) is 10.2 Å². The average Bonchev–Trinajstić information content (AvgIpc) is 2.43. The van der Waals surface area contributed by atoms with Crippen LogP contribution in [-0.4, -0.2) is 31.1 Å². The van der Waals surface area contributed by atoms with E-state index in [0.717, 1.165) is 49.1 Å². The zero-order valence-electron chi connectivity index (χ0n) is 12.3. The number of piperazine rings is 1. The van der Waals surface area contributed by atoms with E-state index in [4.69, 9.17) is 0 Å². The van der Waals surface area contributed by atoms with Crippen molar-refractivity contribution < 1.29 is 4.39 Å². The normalized spacial score (nSPS) is 18.4. The molecular weight excluding hydrogens is 319 g/mol. The van der Waals surface area contributed by atoms with E-state index in [1.54, 1.807) is 6.07 Å². The molecular formula is C16H24BrFN2. The molecule has 1 saturated heterocycles. The summed E-state index contributed by atoms with van der Waals surface area (Å²) in [5.74, 6) is 0.528. The highest BCUT2D eigenvalue weighted by Crippen LogP contribution is 2.33. The van der Waals surface area contributed by atoms with Gasteiger partial charge in [-0.15, -0.1) is 0 Å². The monoisotopic (exact) mass is 342 g/mol. The molecule has 0 unspecified atom stereocenters. The molecule has 0 spiro atoms. The van der Waals surface area contributed by atoms with Crippen LogP contribution in [0.4, 0.5) is 4.39 Å². The highest BCUT2D eigenvalue weighted by atomic mass is 79.9. The predicted octanol–water partition coefficient (Wildman–Crippen LogP) is 3.97. The highest BCUT2D eigenvalue weighted by Gasteiger charge is 2.24. The van der Waals surface area contributed by atoms with Gasteiger partial charge in [-0.2, -0.15) is 0 Å². The lowest BCUT2D eigenvalue weighted by atomic mass is 9.95. The van der Waals surface area contributed by atoms with E-state index in [9.17, 15) is 4.39 Å². The molecule has 1 heterocycles. The molecule has 0 saturated carbocycles. The first kappa shape index (κ1) is 15.9. The Morgan fingerprint density at radius 1 is 1.25 bits per heavy atom. The first-order valence-corrected chi connectivity index (χ1v) is 8.27. The standard InChI is InChI=1S/C16H24BrFN2/c1-12(2)3-6-16(20-9-7-19-8-10-20)14-11-13(18)4-5-15(14)17/h4-5,11-12,16,19H,3,6-10H2,1-2H3/t16-/m1/s1. The van der Waals surface area contributed by atoms with E-state index >= 15 is 0 Å². The third-order valence-corrected chi connectivity index (χ3v) is 4.65. The van der Waals surface area contributed by atoms with Crippen LogP contribution in [0.1, 0.15) is 38.3 Å². The third kappa shape index (κ3) is 4.27. The maximum absolute atomic E-state index is 13.6. The van der Waals surface area contributed by atoms with Gasteiger partial charge in [0.25, 0.3) is 0 Å². The quantitative estimate of drug-likeness (QED) is 0.870. The van der Waals surface area contributed by atoms with Crippen LogP contribution in [0, 0.1) is 11.7 Å². The fourth-order valence-electron chi connectivity index (χ4n) is 2.79. The van der Waals surface area contributed by atoms with Crippen molar-refractivity contribution in [3.63, 3.8) is 0 Å². The van der Waals surface area contributed by atoms with Crippen LogP contribution >= 0.6 is 15.9 Å². The summed E-state index contributed by atoms with van der Waals surface area (Å²) in [6, 6.07) is 5.35. The predicted molar refractivity (Wildman–Crippen MR) is 85.4 cm³/mol. The van der Waals surface area contributed by atoms with Gasteiger partial charge in [0, 0.05) is 36.7 Å². The Morgan fingerprint density at radius 3 is 2.60 bits per heavy atom. The molecule has 4 heteroatoms. The van der Waals surface area contributed by atoms with Gasteiger partial charge in [0.15, 0.2) is 0 Å². The maximum atomic E-state index is 13.6. The average molecular weight is 343 g/mol. The minimum absolute atomic E-state index is 0.145. The summed E-state index contributed by atoms with van der Waals surface area (Å²) < 4.78 is 14.6. The summed E-state index contributed by atoms with van der Waals surface area (Å²) in [6.07, 6.45) is 2.25. The Balaban J connectivity index is 2.21. The molecule has 1 N–H and O–H groups in total. The number of benzene rings is 1. The molecule has 20 heavy (non-hydrogen) atoms. The van der Waals surface area contributed by atoms with Crippen molar-refractivity contribution >= 4 is 15.9 Å². The summed E-state index contributed by atoms with van der Waals surface area (Å²) >= 11 is 3.60. The molecule has 1 aromatic carbocycles. The van der Waals surface area contributed by atoms with Gasteiger partial charge in [-0.3, -0.25) is 4.90 Å². The van der Waals surface area contributed by atoms with Crippen LogP contribution in [0.25, 0.3) is 0 Å². The Hall–Kier alpha value is -0.450. The minimum atomic E-state index is -0.145. The Morgan fingerprint density at radius 2 is 1.95 bits per heavy atom. The van der Waals surface area contributed by atoms with Gasteiger partial charge in [0.05, 0.1) is 0 Å².